The molecule has 1 aliphatic heterocycles. The van der Waals surface area contributed by atoms with Crippen molar-refractivity contribution >= 4 is 5.69 Å². The zero-order valence-corrected chi connectivity index (χ0v) is 10.8. The topological polar surface area (TPSA) is 6.48 Å². The molecule has 0 radical (unpaired) electrons. The first-order valence-corrected chi connectivity index (χ1v) is 6.06. The van der Waals surface area contributed by atoms with Gasteiger partial charge in [-0.1, -0.05) is 6.07 Å². The summed E-state index contributed by atoms with van der Waals surface area (Å²) in [6.07, 6.45) is 1.28. The normalized spacial score (nSPS) is 20.8. The predicted molar refractivity (Wildman–Crippen MR) is 70.2 cm³/mol. The molecule has 1 unspecified atom stereocenters. The van der Waals surface area contributed by atoms with E-state index in [9.17, 15) is 0 Å². The third kappa shape index (κ3) is 2.22. The Hall–Kier alpha value is -1.02. The van der Waals surface area contributed by atoms with Crippen molar-refractivity contribution in [1.82, 2.24) is 4.90 Å². The van der Waals surface area contributed by atoms with E-state index in [0.29, 0.717) is 6.04 Å². The Balaban J connectivity index is 2.11. The number of hydrogen-bond acceptors (Lipinski definition) is 2. The number of likely N-dealkylation sites (N-methyl/N-ethyl adjacent to an activating group) is 1. The second-order valence-electron chi connectivity index (χ2n) is 5.12. The maximum atomic E-state index is 2.50. The second-order valence-corrected chi connectivity index (χ2v) is 5.12. The minimum Gasteiger partial charge on any atom is -0.370 e. The summed E-state index contributed by atoms with van der Waals surface area (Å²) in [4.78, 5) is 4.83. The van der Waals surface area contributed by atoms with Crippen molar-refractivity contribution in [3.63, 3.8) is 0 Å². The number of anilines is 1. The van der Waals surface area contributed by atoms with Crippen LogP contribution in [0, 0.1) is 13.8 Å². The van der Waals surface area contributed by atoms with Gasteiger partial charge in [0.05, 0.1) is 0 Å². The maximum absolute atomic E-state index is 2.50. The van der Waals surface area contributed by atoms with Crippen LogP contribution in [0.4, 0.5) is 5.69 Å². The first-order valence-electron chi connectivity index (χ1n) is 6.06. The van der Waals surface area contributed by atoms with Crippen LogP contribution in [0.3, 0.4) is 0 Å². The number of benzene rings is 1. The monoisotopic (exact) mass is 218 g/mol. The molecular weight excluding hydrogens is 196 g/mol. The average Bonchev–Trinajstić information content (AvgIpc) is 2.71. The fraction of sp³-hybridized carbons (Fsp3) is 0.571. The van der Waals surface area contributed by atoms with Gasteiger partial charge in [-0.15, -0.1) is 0 Å². The van der Waals surface area contributed by atoms with E-state index < -0.39 is 0 Å². The lowest BCUT2D eigenvalue weighted by molar-refractivity contribution is 0.315. The first-order chi connectivity index (χ1) is 7.58. The molecule has 1 fully saturated rings. The van der Waals surface area contributed by atoms with E-state index in [1.54, 1.807) is 0 Å². The Morgan fingerprint density at radius 3 is 2.50 bits per heavy atom. The average molecular weight is 218 g/mol. The van der Waals surface area contributed by atoms with E-state index in [1.807, 2.05) is 0 Å². The van der Waals surface area contributed by atoms with E-state index in [1.165, 1.54) is 29.8 Å². The Kier molecular flexibility index (Phi) is 3.20. The van der Waals surface area contributed by atoms with Crippen LogP contribution in [0.5, 0.6) is 0 Å². The molecule has 1 atom stereocenters. The Morgan fingerprint density at radius 2 is 1.94 bits per heavy atom. The van der Waals surface area contributed by atoms with Crippen molar-refractivity contribution in [2.45, 2.75) is 26.3 Å². The fourth-order valence-electron chi connectivity index (χ4n) is 2.32. The Labute approximate surface area is 98.9 Å². The summed E-state index contributed by atoms with van der Waals surface area (Å²) in [6.45, 7) is 6.71. The molecule has 0 N–H and O–H groups in total. The van der Waals surface area contributed by atoms with Gasteiger partial charge in [0.1, 0.15) is 0 Å². The third-order valence-electron chi connectivity index (χ3n) is 3.75. The van der Waals surface area contributed by atoms with Crippen LogP contribution in [0.25, 0.3) is 0 Å². The first kappa shape index (κ1) is 11.5. The van der Waals surface area contributed by atoms with E-state index >= 15 is 0 Å². The quantitative estimate of drug-likeness (QED) is 0.752. The Bertz CT molecular complexity index is 371. The zero-order chi connectivity index (χ0) is 11.7. The lowest BCUT2D eigenvalue weighted by atomic mass is 10.1. The van der Waals surface area contributed by atoms with Crippen LogP contribution < -0.4 is 4.90 Å². The highest BCUT2D eigenvalue weighted by molar-refractivity contribution is 5.51. The van der Waals surface area contributed by atoms with Crippen LogP contribution in [0.1, 0.15) is 17.5 Å². The predicted octanol–water partition coefficient (Wildman–Crippen LogP) is 2.44. The van der Waals surface area contributed by atoms with Crippen molar-refractivity contribution in [3.8, 4) is 0 Å². The Morgan fingerprint density at radius 1 is 1.19 bits per heavy atom. The summed E-state index contributed by atoms with van der Waals surface area (Å²) >= 11 is 0. The summed E-state index contributed by atoms with van der Waals surface area (Å²) < 4.78 is 0. The van der Waals surface area contributed by atoms with Gasteiger partial charge in [0.2, 0.25) is 0 Å². The molecule has 16 heavy (non-hydrogen) atoms. The number of aryl methyl sites for hydroxylation is 2. The highest BCUT2D eigenvalue weighted by Crippen LogP contribution is 2.24. The van der Waals surface area contributed by atoms with Gasteiger partial charge in [-0.05, 0) is 57.6 Å². The summed E-state index contributed by atoms with van der Waals surface area (Å²) in [7, 11) is 4.35. The molecular formula is C14H22N2. The van der Waals surface area contributed by atoms with Crippen LogP contribution in [0.15, 0.2) is 18.2 Å². The van der Waals surface area contributed by atoms with Crippen molar-refractivity contribution in [1.29, 1.82) is 0 Å². The van der Waals surface area contributed by atoms with E-state index in [4.69, 9.17) is 0 Å². The molecule has 0 spiro atoms. The maximum Gasteiger partial charge on any atom is 0.0369 e. The van der Waals surface area contributed by atoms with Crippen molar-refractivity contribution < 1.29 is 0 Å². The molecule has 0 bridgehead atoms. The van der Waals surface area contributed by atoms with Gasteiger partial charge in [-0.2, -0.15) is 0 Å². The molecule has 2 heteroatoms. The van der Waals surface area contributed by atoms with E-state index in [0.717, 1.165) is 6.54 Å². The minimum atomic E-state index is 0.710. The highest BCUT2D eigenvalue weighted by atomic mass is 15.2. The molecule has 0 aromatic heterocycles. The van der Waals surface area contributed by atoms with Gasteiger partial charge in [0, 0.05) is 24.8 Å². The minimum absolute atomic E-state index is 0.710. The summed E-state index contributed by atoms with van der Waals surface area (Å²) in [5.74, 6) is 0. The van der Waals surface area contributed by atoms with Crippen LogP contribution in [-0.4, -0.2) is 38.1 Å². The van der Waals surface area contributed by atoms with Crippen LogP contribution in [0.2, 0.25) is 0 Å². The number of hydrogen-bond donors (Lipinski definition) is 0. The van der Waals surface area contributed by atoms with E-state index in [2.05, 4.69) is 55.9 Å². The molecule has 1 aliphatic rings. The zero-order valence-electron chi connectivity index (χ0n) is 10.8. The smallest absolute Gasteiger partial charge is 0.0369 e. The van der Waals surface area contributed by atoms with Crippen LogP contribution >= 0.6 is 0 Å². The van der Waals surface area contributed by atoms with Crippen LogP contribution in [-0.2, 0) is 0 Å². The second kappa shape index (κ2) is 4.46. The largest absolute Gasteiger partial charge is 0.370 e. The number of rotatable bonds is 2. The van der Waals surface area contributed by atoms with Crippen molar-refractivity contribution in [2.75, 3.05) is 32.1 Å². The highest BCUT2D eigenvalue weighted by Gasteiger charge is 2.23. The number of nitrogens with zero attached hydrogens (tertiary/aromatic N) is 2. The summed E-state index contributed by atoms with van der Waals surface area (Å²) in [6, 6.07) is 7.50. The van der Waals surface area contributed by atoms with Gasteiger partial charge in [0.15, 0.2) is 0 Å². The lowest BCUT2D eigenvalue weighted by Gasteiger charge is -2.22. The van der Waals surface area contributed by atoms with Gasteiger partial charge >= 0.3 is 0 Å². The summed E-state index contributed by atoms with van der Waals surface area (Å²) in [5.41, 5.74) is 4.16. The molecule has 1 aromatic carbocycles. The van der Waals surface area contributed by atoms with Gasteiger partial charge in [-0.25, -0.2) is 0 Å². The fourth-order valence-corrected chi connectivity index (χ4v) is 2.32. The summed E-state index contributed by atoms with van der Waals surface area (Å²) in [5, 5.41) is 0. The molecule has 0 saturated carbocycles. The molecule has 0 amide bonds. The SMILES string of the molecule is Cc1ccc(N2CCC(N(C)C)C2)cc1C. The van der Waals surface area contributed by atoms with Crippen molar-refractivity contribution in [3.05, 3.63) is 29.3 Å². The van der Waals surface area contributed by atoms with Gasteiger partial charge < -0.3 is 9.80 Å². The lowest BCUT2D eigenvalue weighted by Crippen LogP contribution is -2.31. The molecule has 1 heterocycles. The van der Waals surface area contributed by atoms with Gasteiger partial charge in [-0.3, -0.25) is 0 Å². The standard InChI is InChI=1S/C14H22N2/c1-11-5-6-13(9-12(11)2)16-8-7-14(10-16)15(3)4/h5-6,9,14H,7-8,10H2,1-4H3. The van der Waals surface area contributed by atoms with Gasteiger partial charge in [0.25, 0.3) is 0 Å². The molecule has 1 aromatic rings. The third-order valence-corrected chi connectivity index (χ3v) is 3.75. The molecule has 1 saturated heterocycles. The molecule has 2 rings (SSSR count). The molecule has 88 valence electrons. The van der Waals surface area contributed by atoms with Crippen molar-refractivity contribution in [2.24, 2.45) is 0 Å². The van der Waals surface area contributed by atoms with E-state index in [-0.39, 0.29) is 0 Å². The molecule has 2 nitrogen and oxygen atoms in total. The molecule has 0 aliphatic carbocycles.